The first-order valence-electron chi connectivity index (χ1n) is 4.94. The molecular weight excluding hydrogens is 218 g/mol. The van der Waals surface area contributed by atoms with Crippen molar-refractivity contribution in [2.45, 2.75) is 0 Å². The Bertz CT molecular complexity index is 569. The molecule has 0 unspecified atom stereocenters. The third-order valence-electron chi connectivity index (χ3n) is 2.32. The Morgan fingerprint density at radius 2 is 1.88 bits per heavy atom. The van der Waals surface area contributed by atoms with Gasteiger partial charge >= 0.3 is 0 Å². The highest BCUT2D eigenvalue weighted by Gasteiger charge is 2.08. The third-order valence-corrected chi connectivity index (χ3v) is 3.19. The highest BCUT2D eigenvalue weighted by molar-refractivity contribution is 7.13. The van der Waals surface area contributed by atoms with Crippen molar-refractivity contribution in [3.8, 4) is 16.4 Å². The van der Waals surface area contributed by atoms with Gasteiger partial charge in [-0.25, -0.2) is 0 Å². The molecule has 3 aromatic rings. The number of aromatic nitrogens is 3. The van der Waals surface area contributed by atoms with Gasteiger partial charge in [0.05, 0.1) is 4.88 Å². The predicted molar refractivity (Wildman–Crippen MR) is 64.7 cm³/mol. The molecule has 3 nitrogen and oxygen atoms in total. The van der Waals surface area contributed by atoms with E-state index in [4.69, 9.17) is 0 Å². The molecule has 0 atom stereocenters. The van der Waals surface area contributed by atoms with E-state index in [0.29, 0.717) is 0 Å². The molecule has 0 radical (unpaired) electrons. The molecule has 0 saturated heterocycles. The Labute approximate surface area is 97.0 Å². The summed E-state index contributed by atoms with van der Waals surface area (Å²) < 4.78 is 1.99. The first-order valence-corrected chi connectivity index (χ1v) is 5.82. The second-order valence-electron chi connectivity index (χ2n) is 3.34. The van der Waals surface area contributed by atoms with Gasteiger partial charge in [-0.15, -0.1) is 21.5 Å². The summed E-state index contributed by atoms with van der Waals surface area (Å²) in [5.74, 6) is 0.890. The smallest absolute Gasteiger partial charge is 0.178 e. The molecular formula is C12H9N3S. The highest BCUT2D eigenvalue weighted by atomic mass is 32.1. The second-order valence-corrected chi connectivity index (χ2v) is 4.29. The number of benzene rings is 1. The van der Waals surface area contributed by atoms with Crippen molar-refractivity contribution in [1.82, 2.24) is 14.8 Å². The van der Waals surface area contributed by atoms with Crippen LogP contribution in [0.25, 0.3) is 16.4 Å². The number of para-hydroxylation sites is 1. The molecule has 0 aliphatic heterocycles. The molecule has 78 valence electrons. The van der Waals surface area contributed by atoms with E-state index >= 15 is 0 Å². The van der Waals surface area contributed by atoms with Crippen molar-refractivity contribution < 1.29 is 0 Å². The zero-order chi connectivity index (χ0) is 10.8. The van der Waals surface area contributed by atoms with Gasteiger partial charge in [-0.2, -0.15) is 0 Å². The first kappa shape index (κ1) is 9.30. The van der Waals surface area contributed by atoms with Gasteiger partial charge in [-0.1, -0.05) is 24.3 Å². The van der Waals surface area contributed by atoms with Gasteiger partial charge in [0.1, 0.15) is 6.33 Å². The third kappa shape index (κ3) is 1.53. The average Bonchev–Trinajstić information content (AvgIpc) is 3.01. The molecule has 0 amide bonds. The minimum Gasteiger partial charge on any atom is -0.281 e. The maximum absolute atomic E-state index is 4.16. The molecule has 16 heavy (non-hydrogen) atoms. The fourth-order valence-electron chi connectivity index (χ4n) is 1.59. The summed E-state index contributed by atoms with van der Waals surface area (Å²) in [7, 11) is 0. The molecule has 3 rings (SSSR count). The Hall–Kier alpha value is -1.94. The molecule has 0 fully saturated rings. The van der Waals surface area contributed by atoms with Crippen molar-refractivity contribution in [2.24, 2.45) is 0 Å². The molecule has 4 heteroatoms. The Morgan fingerprint density at radius 3 is 2.62 bits per heavy atom. The van der Waals surface area contributed by atoms with E-state index in [1.807, 2.05) is 52.4 Å². The fraction of sp³-hybridized carbons (Fsp3) is 0. The van der Waals surface area contributed by atoms with E-state index < -0.39 is 0 Å². The largest absolute Gasteiger partial charge is 0.281 e. The van der Waals surface area contributed by atoms with Crippen molar-refractivity contribution in [1.29, 1.82) is 0 Å². The second kappa shape index (κ2) is 3.90. The van der Waals surface area contributed by atoms with Gasteiger partial charge in [0.15, 0.2) is 5.82 Å². The van der Waals surface area contributed by atoms with E-state index in [2.05, 4.69) is 10.2 Å². The summed E-state index contributed by atoms with van der Waals surface area (Å²) in [5, 5.41) is 10.2. The number of hydrogen-bond donors (Lipinski definition) is 0. The molecule has 0 saturated carbocycles. The summed E-state index contributed by atoms with van der Waals surface area (Å²) >= 11 is 1.67. The lowest BCUT2D eigenvalue weighted by atomic mass is 10.3. The zero-order valence-electron chi connectivity index (χ0n) is 8.45. The molecule has 2 aromatic heterocycles. The summed E-state index contributed by atoms with van der Waals surface area (Å²) in [4.78, 5) is 1.13. The fourth-order valence-corrected chi connectivity index (χ4v) is 2.29. The van der Waals surface area contributed by atoms with Crippen LogP contribution in [0.5, 0.6) is 0 Å². The van der Waals surface area contributed by atoms with Crippen LogP contribution >= 0.6 is 11.3 Å². The van der Waals surface area contributed by atoms with Gasteiger partial charge < -0.3 is 0 Å². The molecule has 1 aromatic carbocycles. The van der Waals surface area contributed by atoms with Gasteiger partial charge in [-0.05, 0) is 23.6 Å². The van der Waals surface area contributed by atoms with Crippen LogP contribution in [-0.2, 0) is 0 Å². The van der Waals surface area contributed by atoms with Crippen LogP contribution in [0.4, 0.5) is 0 Å². The number of nitrogens with zero attached hydrogens (tertiary/aromatic N) is 3. The minimum atomic E-state index is 0.890. The predicted octanol–water partition coefficient (Wildman–Crippen LogP) is 3.00. The van der Waals surface area contributed by atoms with Crippen molar-refractivity contribution in [3.63, 3.8) is 0 Å². The van der Waals surface area contributed by atoms with Gasteiger partial charge in [0, 0.05) is 5.69 Å². The van der Waals surface area contributed by atoms with E-state index in [1.54, 1.807) is 17.7 Å². The van der Waals surface area contributed by atoms with Crippen LogP contribution in [0.15, 0.2) is 54.2 Å². The molecule has 0 N–H and O–H groups in total. The molecule has 0 spiro atoms. The van der Waals surface area contributed by atoms with E-state index in [1.165, 1.54) is 0 Å². The normalized spacial score (nSPS) is 10.5. The summed E-state index contributed by atoms with van der Waals surface area (Å²) in [6, 6.07) is 14.2. The van der Waals surface area contributed by atoms with Crippen LogP contribution in [0, 0.1) is 0 Å². The Kier molecular flexibility index (Phi) is 2.27. The summed E-state index contributed by atoms with van der Waals surface area (Å²) in [5.41, 5.74) is 1.08. The lowest BCUT2D eigenvalue weighted by Gasteiger charge is -2.03. The zero-order valence-corrected chi connectivity index (χ0v) is 9.26. The Balaban J connectivity index is 2.14. The minimum absolute atomic E-state index is 0.890. The summed E-state index contributed by atoms with van der Waals surface area (Å²) in [6.07, 6.45) is 1.74. The monoisotopic (exact) mass is 227 g/mol. The van der Waals surface area contributed by atoms with Gasteiger partial charge in [0.25, 0.3) is 0 Å². The number of hydrogen-bond acceptors (Lipinski definition) is 3. The van der Waals surface area contributed by atoms with E-state index in [-0.39, 0.29) is 0 Å². The first-order chi connectivity index (χ1) is 7.95. The van der Waals surface area contributed by atoms with Crippen LogP contribution in [0.1, 0.15) is 0 Å². The van der Waals surface area contributed by atoms with E-state index in [0.717, 1.165) is 16.4 Å². The SMILES string of the molecule is c1ccc(-n2cnnc2-c2cccs2)cc1. The van der Waals surface area contributed by atoms with Crippen LogP contribution < -0.4 is 0 Å². The standard InChI is InChI=1S/C12H9N3S/c1-2-5-10(6-3-1)15-9-13-14-12(15)11-7-4-8-16-11/h1-9H. The van der Waals surface area contributed by atoms with Gasteiger partial charge in [0.2, 0.25) is 0 Å². The van der Waals surface area contributed by atoms with Crippen LogP contribution in [0.3, 0.4) is 0 Å². The van der Waals surface area contributed by atoms with Gasteiger partial charge in [-0.3, -0.25) is 4.57 Å². The molecule has 2 heterocycles. The Morgan fingerprint density at radius 1 is 1.00 bits per heavy atom. The molecule has 0 aliphatic rings. The molecule has 0 aliphatic carbocycles. The van der Waals surface area contributed by atoms with Crippen molar-refractivity contribution in [2.75, 3.05) is 0 Å². The number of rotatable bonds is 2. The lowest BCUT2D eigenvalue weighted by Crippen LogP contribution is -1.94. The maximum Gasteiger partial charge on any atom is 0.178 e. The summed E-state index contributed by atoms with van der Waals surface area (Å²) in [6.45, 7) is 0. The topological polar surface area (TPSA) is 30.7 Å². The molecule has 0 bridgehead atoms. The lowest BCUT2D eigenvalue weighted by molar-refractivity contribution is 1.07. The quantitative estimate of drug-likeness (QED) is 0.673. The van der Waals surface area contributed by atoms with Crippen molar-refractivity contribution >= 4 is 11.3 Å². The highest BCUT2D eigenvalue weighted by Crippen LogP contribution is 2.24. The van der Waals surface area contributed by atoms with Crippen LogP contribution in [-0.4, -0.2) is 14.8 Å². The average molecular weight is 227 g/mol. The van der Waals surface area contributed by atoms with Crippen LogP contribution in [0.2, 0.25) is 0 Å². The van der Waals surface area contributed by atoms with E-state index in [9.17, 15) is 0 Å². The maximum atomic E-state index is 4.16. The van der Waals surface area contributed by atoms with Crippen molar-refractivity contribution in [3.05, 3.63) is 54.2 Å². The number of thiophene rings is 1.